The monoisotopic (exact) mass is 436 g/mol. The fraction of sp³-hybridized carbons (Fsp3) is 0.667. The predicted molar refractivity (Wildman–Crippen MR) is 92.2 cm³/mol. The molecule has 1 N–H and O–H groups in total. The van der Waals surface area contributed by atoms with Crippen molar-refractivity contribution in [1.82, 2.24) is 9.55 Å². The van der Waals surface area contributed by atoms with Gasteiger partial charge in [-0.05, 0) is 49.8 Å². The van der Waals surface area contributed by atoms with Crippen molar-refractivity contribution in [3.8, 4) is 0 Å². The number of hydrogen-bond donors (Lipinski definition) is 1. The normalized spacial score (nSPS) is 24.7. The van der Waals surface area contributed by atoms with Gasteiger partial charge < -0.3 is 9.47 Å². The van der Waals surface area contributed by atoms with E-state index in [1.807, 2.05) is 29.5 Å². The topological polar surface area (TPSA) is 90.4 Å². The molecule has 1 fully saturated rings. The molecule has 23 heavy (non-hydrogen) atoms. The zero-order valence-electron chi connectivity index (χ0n) is 13.6. The largest absolute Gasteiger partial charge is 0.459 e. The van der Waals surface area contributed by atoms with E-state index >= 15 is 0 Å². The number of ether oxygens (including phenoxy) is 2. The van der Waals surface area contributed by atoms with Gasteiger partial charge in [0.2, 0.25) is 0 Å². The second-order valence-corrected chi connectivity index (χ2v) is 7.77. The lowest BCUT2D eigenvalue weighted by Gasteiger charge is -2.22. The molecular formula is C15H21IN2O5. The van der Waals surface area contributed by atoms with Gasteiger partial charge in [-0.15, -0.1) is 0 Å². The van der Waals surface area contributed by atoms with Crippen LogP contribution >= 0.6 is 22.6 Å². The highest BCUT2D eigenvalue weighted by molar-refractivity contribution is 14.1. The van der Waals surface area contributed by atoms with E-state index in [1.165, 1.54) is 10.8 Å². The number of carbonyl (C=O) groups is 1. The molecule has 0 aliphatic carbocycles. The Labute approximate surface area is 147 Å². The third kappa shape index (κ3) is 4.03. The van der Waals surface area contributed by atoms with Crippen LogP contribution in [0.4, 0.5) is 0 Å². The van der Waals surface area contributed by atoms with Gasteiger partial charge in [0.25, 0.3) is 5.56 Å². The molecule has 1 aromatic rings. The molecular weight excluding hydrogens is 415 g/mol. The van der Waals surface area contributed by atoms with Crippen molar-refractivity contribution in [2.75, 3.05) is 0 Å². The van der Waals surface area contributed by atoms with E-state index in [4.69, 9.17) is 9.47 Å². The second-order valence-electron chi connectivity index (χ2n) is 6.61. The zero-order chi connectivity index (χ0) is 17.4. The Balaban J connectivity index is 2.22. The summed E-state index contributed by atoms with van der Waals surface area (Å²) in [4.78, 5) is 37.8. The average molecular weight is 436 g/mol. The van der Waals surface area contributed by atoms with Crippen molar-refractivity contribution in [3.05, 3.63) is 30.6 Å². The molecule has 1 saturated heterocycles. The Kier molecular flexibility index (Phi) is 5.34. The molecule has 3 atom stereocenters. The third-order valence-corrected chi connectivity index (χ3v) is 4.46. The first-order valence-corrected chi connectivity index (χ1v) is 8.59. The number of rotatable bonds is 3. The Morgan fingerprint density at radius 3 is 2.70 bits per heavy atom. The number of H-pyrrole nitrogens is 1. The van der Waals surface area contributed by atoms with Crippen molar-refractivity contribution < 1.29 is 14.3 Å². The summed E-state index contributed by atoms with van der Waals surface area (Å²) < 4.78 is 13.2. The summed E-state index contributed by atoms with van der Waals surface area (Å²) in [6.07, 6.45) is 1.26. The number of nitrogens with zero attached hydrogens (tertiary/aromatic N) is 1. The van der Waals surface area contributed by atoms with Crippen LogP contribution in [0.2, 0.25) is 0 Å². The number of nitrogens with one attached hydrogen (secondary N) is 1. The molecule has 1 aromatic heterocycles. The van der Waals surface area contributed by atoms with E-state index in [0.29, 0.717) is 16.4 Å². The summed E-state index contributed by atoms with van der Waals surface area (Å²) >= 11 is 1.86. The maximum atomic E-state index is 12.1. The van der Waals surface area contributed by atoms with Crippen LogP contribution in [0.3, 0.4) is 0 Å². The highest BCUT2D eigenvalue weighted by Crippen LogP contribution is 2.33. The van der Waals surface area contributed by atoms with E-state index in [-0.39, 0.29) is 12.1 Å². The van der Waals surface area contributed by atoms with Crippen molar-refractivity contribution >= 4 is 28.6 Å². The van der Waals surface area contributed by atoms with Crippen LogP contribution in [0.1, 0.15) is 46.8 Å². The van der Waals surface area contributed by atoms with Gasteiger partial charge in [-0.25, -0.2) is 4.79 Å². The summed E-state index contributed by atoms with van der Waals surface area (Å²) in [6, 6.07) is 0. The van der Waals surface area contributed by atoms with E-state index in [2.05, 4.69) is 4.98 Å². The van der Waals surface area contributed by atoms with Gasteiger partial charge in [0, 0.05) is 12.6 Å². The van der Waals surface area contributed by atoms with Crippen LogP contribution in [0.5, 0.6) is 0 Å². The molecule has 0 aromatic carbocycles. The van der Waals surface area contributed by atoms with E-state index in [0.717, 1.165) is 0 Å². The number of carbonyl (C=O) groups excluding carboxylic acids is 1. The smallest absolute Gasteiger partial charge is 0.330 e. The van der Waals surface area contributed by atoms with E-state index in [9.17, 15) is 14.4 Å². The first-order chi connectivity index (χ1) is 10.6. The van der Waals surface area contributed by atoms with Crippen LogP contribution in [0.25, 0.3) is 0 Å². The maximum absolute atomic E-state index is 12.1. The van der Waals surface area contributed by atoms with Crippen LogP contribution in [-0.2, 0) is 14.3 Å². The Hall–Kier alpha value is -1.16. The van der Waals surface area contributed by atoms with Crippen molar-refractivity contribution in [2.24, 2.45) is 5.41 Å². The SMILES string of the molecule is CC[C@H]1O[C@@H](n2cc(I)c(=O)[nH]c2=O)C[C@@H]1OC(=O)C(C)(C)C. The quantitative estimate of drug-likeness (QED) is 0.577. The van der Waals surface area contributed by atoms with Crippen molar-refractivity contribution in [1.29, 1.82) is 0 Å². The first-order valence-electron chi connectivity index (χ1n) is 7.51. The van der Waals surface area contributed by atoms with Gasteiger partial charge in [-0.2, -0.15) is 0 Å². The number of halogens is 1. The van der Waals surface area contributed by atoms with Gasteiger partial charge in [-0.3, -0.25) is 19.1 Å². The molecule has 0 spiro atoms. The third-order valence-electron chi connectivity index (χ3n) is 3.69. The molecule has 1 aliphatic heterocycles. The molecule has 0 amide bonds. The fourth-order valence-electron chi connectivity index (χ4n) is 2.35. The molecule has 2 heterocycles. The Morgan fingerprint density at radius 1 is 1.48 bits per heavy atom. The average Bonchev–Trinajstić information content (AvgIpc) is 2.84. The molecule has 0 bridgehead atoms. The minimum absolute atomic E-state index is 0.275. The van der Waals surface area contributed by atoms with Crippen molar-refractivity contribution in [3.63, 3.8) is 0 Å². The lowest BCUT2D eigenvalue weighted by atomic mass is 9.97. The predicted octanol–water partition coefficient (Wildman–Crippen LogP) is 1.80. The highest BCUT2D eigenvalue weighted by Gasteiger charge is 2.40. The first kappa shape index (κ1) is 18.2. The molecule has 1 aliphatic rings. The molecule has 7 nitrogen and oxygen atoms in total. The summed E-state index contributed by atoms with van der Waals surface area (Å²) in [5, 5.41) is 0. The molecule has 0 radical (unpaired) electrons. The zero-order valence-corrected chi connectivity index (χ0v) is 15.7. The van der Waals surface area contributed by atoms with Crippen LogP contribution in [-0.4, -0.2) is 27.7 Å². The Morgan fingerprint density at radius 2 is 2.13 bits per heavy atom. The summed E-state index contributed by atoms with van der Waals surface area (Å²) in [6.45, 7) is 7.31. The minimum atomic E-state index is -0.597. The number of aromatic nitrogens is 2. The molecule has 8 heteroatoms. The van der Waals surface area contributed by atoms with Gasteiger partial charge in [0.15, 0.2) is 0 Å². The summed E-state index contributed by atoms with van der Waals surface area (Å²) in [5.41, 5.74) is -1.55. The molecule has 0 saturated carbocycles. The van der Waals surface area contributed by atoms with Crippen LogP contribution in [0, 0.1) is 8.99 Å². The van der Waals surface area contributed by atoms with Gasteiger partial charge in [-0.1, -0.05) is 6.92 Å². The van der Waals surface area contributed by atoms with E-state index < -0.39 is 29.0 Å². The summed E-state index contributed by atoms with van der Waals surface area (Å²) in [5.74, 6) is -0.298. The standard InChI is InChI=1S/C15H21IN2O5/c1-5-9-10(23-13(20)15(2,3)4)6-11(22-9)18-7-8(16)12(19)17-14(18)21/h7,9-11H,5-6H2,1-4H3,(H,17,19,21)/t9-,10+,11-/m1/s1. The van der Waals surface area contributed by atoms with Crippen LogP contribution < -0.4 is 11.2 Å². The lowest BCUT2D eigenvalue weighted by Crippen LogP contribution is -2.33. The number of hydrogen-bond acceptors (Lipinski definition) is 5. The second kappa shape index (κ2) is 6.76. The Bertz CT molecular complexity index is 703. The van der Waals surface area contributed by atoms with Crippen LogP contribution in [0.15, 0.2) is 15.8 Å². The lowest BCUT2D eigenvalue weighted by molar-refractivity contribution is -0.161. The molecule has 128 valence electrons. The van der Waals surface area contributed by atoms with Gasteiger partial charge in [0.05, 0.1) is 15.1 Å². The summed E-state index contributed by atoms with van der Waals surface area (Å²) in [7, 11) is 0. The van der Waals surface area contributed by atoms with Crippen molar-refractivity contribution in [2.45, 2.75) is 59.0 Å². The molecule has 0 unspecified atom stereocenters. The maximum Gasteiger partial charge on any atom is 0.330 e. The van der Waals surface area contributed by atoms with Gasteiger partial charge in [0.1, 0.15) is 12.3 Å². The van der Waals surface area contributed by atoms with E-state index in [1.54, 1.807) is 20.8 Å². The highest BCUT2D eigenvalue weighted by atomic mass is 127. The minimum Gasteiger partial charge on any atom is -0.459 e. The fourth-order valence-corrected chi connectivity index (χ4v) is 2.78. The molecule has 2 rings (SSSR count). The van der Waals surface area contributed by atoms with Gasteiger partial charge >= 0.3 is 11.7 Å². The number of aromatic amines is 1. The number of esters is 1.